The number of thiocarbonyl (C=S) groups is 1. The predicted molar refractivity (Wildman–Crippen MR) is 103 cm³/mol. The molecule has 0 bridgehead atoms. The third kappa shape index (κ3) is 7.00. The van der Waals surface area contributed by atoms with Crippen molar-refractivity contribution in [2.75, 3.05) is 19.5 Å². The number of esters is 2. The molecular formula is C16H16F3N5O6S. The Labute approximate surface area is 178 Å². The van der Waals surface area contributed by atoms with E-state index in [4.69, 9.17) is 5.84 Å². The lowest BCUT2D eigenvalue weighted by molar-refractivity contribution is -0.150. The molecule has 0 aliphatic rings. The summed E-state index contributed by atoms with van der Waals surface area (Å²) in [6, 6.07) is 3.39. The number of carbonyl (C=O) groups is 4. The van der Waals surface area contributed by atoms with Gasteiger partial charge in [0, 0.05) is 5.69 Å². The topological polar surface area (TPSA) is 161 Å². The summed E-state index contributed by atoms with van der Waals surface area (Å²) in [6.45, 7) is 0. The van der Waals surface area contributed by atoms with Crippen LogP contribution in [0.4, 0.5) is 18.9 Å². The Bertz CT molecular complexity index is 921. The number of Topliss-reactive ketones (excluding diaryl/α,β-unsaturated/α-hetero) is 1. The summed E-state index contributed by atoms with van der Waals surface area (Å²) >= 11 is 4.64. The van der Waals surface area contributed by atoms with Gasteiger partial charge >= 0.3 is 18.1 Å². The molecular weight excluding hydrogens is 447 g/mol. The van der Waals surface area contributed by atoms with Crippen molar-refractivity contribution in [1.82, 2.24) is 10.9 Å². The molecule has 1 amide bonds. The van der Waals surface area contributed by atoms with Crippen LogP contribution in [0.15, 0.2) is 29.4 Å². The Morgan fingerprint density at radius 1 is 1.16 bits per heavy atom. The fourth-order valence-electron chi connectivity index (χ4n) is 2.03. The number of anilines is 1. The highest BCUT2D eigenvalue weighted by Gasteiger charge is 2.41. The lowest BCUT2D eigenvalue weighted by atomic mass is 9.97. The minimum absolute atomic E-state index is 0.328. The van der Waals surface area contributed by atoms with Gasteiger partial charge in [0.05, 0.1) is 19.8 Å². The van der Waals surface area contributed by atoms with E-state index in [1.165, 1.54) is 0 Å². The van der Waals surface area contributed by atoms with E-state index in [2.05, 4.69) is 26.8 Å². The SMILES string of the molecule is COC(=O)/C(=N/NC(=S)NN)C(C(=O)OC)C(=O)C(=O)Nc1cccc(C(F)(F)F)c1. The first-order valence-corrected chi connectivity index (χ1v) is 8.39. The van der Waals surface area contributed by atoms with Gasteiger partial charge in [0.1, 0.15) is 0 Å². The first-order valence-electron chi connectivity index (χ1n) is 7.99. The number of hydrogen-bond donors (Lipinski definition) is 4. The van der Waals surface area contributed by atoms with E-state index in [0.717, 1.165) is 32.4 Å². The zero-order chi connectivity index (χ0) is 23.8. The monoisotopic (exact) mass is 463 g/mol. The van der Waals surface area contributed by atoms with Crippen molar-refractivity contribution in [1.29, 1.82) is 0 Å². The standard InChI is InChI=1S/C16H16F3N5O6S/c1-29-13(27)9(10(14(28)30-2)23-24-15(31)22-20)11(25)12(26)21-8-5-3-4-7(6-8)16(17,18)19/h3-6,9H,20H2,1-2H3,(H,21,26)(H2,22,24,31)/b23-10+. The molecule has 0 saturated carbocycles. The molecule has 31 heavy (non-hydrogen) atoms. The number of amides is 1. The van der Waals surface area contributed by atoms with Crippen LogP contribution in [0.2, 0.25) is 0 Å². The molecule has 168 valence electrons. The molecule has 0 heterocycles. The summed E-state index contributed by atoms with van der Waals surface area (Å²) in [6.07, 6.45) is -4.70. The second kappa shape index (κ2) is 11.0. The van der Waals surface area contributed by atoms with Crippen LogP contribution in [0.3, 0.4) is 0 Å². The summed E-state index contributed by atoms with van der Waals surface area (Å²) in [5.74, 6) is -2.97. The molecule has 11 nitrogen and oxygen atoms in total. The van der Waals surface area contributed by atoms with Gasteiger partial charge in [-0.25, -0.2) is 10.6 Å². The van der Waals surface area contributed by atoms with Crippen LogP contribution in [0.25, 0.3) is 0 Å². The van der Waals surface area contributed by atoms with Crippen molar-refractivity contribution < 1.29 is 41.8 Å². The number of ether oxygens (including phenoxy) is 2. The second-order valence-corrected chi connectivity index (χ2v) is 5.84. The maximum Gasteiger partial charge on any atom is 0.416 e. The number of methoxy groups -OCH3 is 2. The molecule has 0 aliphatic carbocycles. The highest BCUT2D eigenvalue weighted by atomic mass is 32.1. The number of rotatable bonds is 7. The number of alkyl halides is 3. The van der Waals surface area contributed by atoms with Crippen LogP contribution in [0.1, 0.15) is 5.56 Å². The number of benzene rings is 1. The number of nitrogens with one attached hydrogen (secondary N) is 3. The molecule has 0 aliphatic heterocycles. The van der Waals surface area contributed by atoms with Gasteiger partial charge in [-0.3, -0.25) is 25.2 Å². The molecule has 0 radical (unpaired) electrons. The number of carbonyl (C=O) groups excluding carboxylic acids is 4. The molecule has 1 aromatic rings. The van der Waals surface area contributed by atoms with Crippen molar-refractivity contribution in [3.63, 3.8) is 0 Å². The summed E-state index contributed by atoms with van der Waals surface area (Å²) in [5.41, 5.74) is 1.59. The quantitative estimate of drug-likeness (QED) is 0.0815. The first kappa shape index (κ1) is 25.4. The molecule has 0 spiro atoms. The number of ketones is 1. The number of hydrogen-bond acceptors (Lipinski definition) is 9. The molecule has 5 N–H and O–H groups in total. The van der Waals surface area contributed by atoms with Crippen molar-refractivity contribution >= 4 is 52.4 Å². The molecule has 0 saturated heterocycles. The van der Waals surface area contributed by atoms with Crippen molar-refractivity contribution in [2.24, 2.45) is 16.9 Å². The van der Waals surface area contributed by atoms with Crippen LogP contribution < -0.4 is 22.0 Å². The Morgan fingerprint density at radius 2 is 1.81 bits per heavy atom. The highest BCUT2D eigenvalue weighted by Crippen LogP contribution is 2.30. The van der Waals surface area contributed by atoms with E-state index < -0.39 is 47.0 Å². The molecule has 15 heteroatoms. The zero-order valence-electron chi connectivity index (χ0n) is 15.9. The molecule has 0 fully saturated rings. The fraction of sp³-hybridized carbons (Fsp3) is 0.250. The maximum atomic E-state index is 12.8. The summed E-state index contributed by atoms with van der Waals surface area (Å²) in [7, 11) is 1.76. The average Bonchev–Trinajstić information content (AvgIpc) is 2.74. The van der Waals surface area contributed by atoms with E-state index in [1.807, 2.05) is 16.2 Å². The van der Waals surface area contributed by atoms with Crippen molar-refractivity contribution in [2.45, 2.75) is 6.18 Å². The molecule has 1 rings (SSSR count). The van der Waals surface area contributed by atoms with Crippen LogP contribution in [0.5, 0.6) is 0 Å². The minimum Gasteiger partial charge on any atom is -0.468 e. The third-order valence-electron chi connectivity index (χ3n) is 3.45. The second-order valence-electron chi connectivity index (χ2n) is 5.43. The van der Waals surface area contributed by atoms with Gasteiger partial charge < -0.3 is 14.8 Å². The number of hydrazine groups is 1. The zero-order valence-corrected chi connectivity index (χ0v) is 16.7. The third-order valence-corrected chi connectivity index (χ3v) is 3.66. The van der Waals surface area contributed by atoms with Gasteiger partial charge in [0.15, 0.2) is 11.6 Å². The number of nitrogens with two attached hydrogens (primary N) is 1. The van der Waals surface area contributed by atoms with Crippen LogP contribution >= 0.6 is 12.2 Å². The van der Waals surface area contributed by atoms with E-state index in [9.17, 15) is 32.3 Å². The van der Waals surface area contributed by atoms with Crippen LogP contribution in [-0.4, -0.2) is 48.7 Å². The first-order chi connectivity index (χ1) is 14.5. The molecule has 1 aromatic carbocycles. The lowest BCUT2D eigenvalue weighted by Crippen LogP contribution is -2.45. The molecule has 1 atom stereocenters. The van der Waals surface area contributed by atoms with Crippen LogP contribution in [-0.2, 0) is 34.8 Å². The maximum absolute atomic E-state index is 12.8. The highest BCUT2D eigenvalue weighted by molar-refractivity contribution is 7.80. The number of nitrogens with zero attached hydrogens (tertiary/aromatic N) is 1. The van der Waals surface area contributed by atoms with Gasteiger partial charge in [-0.15, -0.1) is 0 Å². The fourth-order valence-corrected chi connectivity index (χ4v) is 2.08. The van der Waals surface area contributed by atoms with Crippen molar-refractivity contribution in [3.05, 3.63) is 29.8 Å². The van der Waals surface area contributed by atoms with Gasteiger partial charge in [-0.2, -0.15) is 18.3 Å². The van der Waals surface area contributed by atoms with E-state index >= 15 is 0 Å². The Morgan fingerprint density at radius 3 is 2.32 bits per heavy atom. The number of hydrazone groups is 1. The van der Waals surface area contributed by atoms with Gasteiger partial charge in [0.25, 0.3) is 5.91 Å². The lowest BCUT2D eigenvalue weighted by Gasteiger charge is -2.15. The Kier molecular flexibility index (Phi) is 9.01. The van der Waals surface area contributed by atoms with E-state index in [-0.39, 0.29) is 10.8 Å². The number of halogens is 3. The smallest absolute Gasteiger partial charge is 0.416 e. The Balaban J connectivity index is 3.27. The molecule has 0 aromatic heterocycles. The van der Waals surface area contributed by atoms with Gasteiger partial charge in [-0.05, 0) is 30.4 Å². The summed E-state index contributed by atoms with van der Waals surface area (Å²) in [5, 5.41) is 5.04. The van der Waals surface area contributed by atoms with E-state index in [0.29, 0.717) is 6.07 Å². The summed E-state index contributed by atoms with van der Waals surface area (Å²) in [4.78, 5) is 49.0. The normalized spacial score (nSPS) is 12.3. The molecule has 1 unspecified atom stereocenters. The average molecular weight is 463 g/mol. The van der Waals surface area contributed by atoms with Crippen LogP contribution in [0, 0.1) is 5.92 Å². The van der Waals surface area contributed by atoms with Gasteiger partial charge in [-0.1, -0.05) is 6.07 Å². The predicted octanol–water partition coefficient (Wildman–Crippen LogP) is -0.131. The van der Waals surface area contributed by atoms with Crippen molar-refractivity contribution in [3.8, 4) is 0 Å². The largest absolute Gasteiger partial charge is 0.468 e. The van der Waals surface area contributed by atoms with Gasteiger partial charge in [0.2, 0.25) is 10.9 Å². The minimum atomic E-state index is -4.70. The van der Waals surface area contributed by atoms with E-state index in [1.54, 1.807) is 0 Å². The Hall–Kier alpha value is -3.59. The summed E-state index contributed by atoms with van der Waals surface area (Å²) < 4.78 is 47.3.